The maximum Gasteiger partial charge on any atom is 0.295 e. The molecule has 2 heterocycles. The van der Waals surface area contributed by atoms with Gasteiger partial charge in [0.15, 0.2) is 0 Å². The van der Waals surface area contributed by atoms with Crippen LogP contribution in [-0.2, 0) is 16.1 Å². The van der Waals surface area contributed by atoms with Crippen LogP contribution in [0.1, 0.15) is 49.8 Å². The van der Waals surface area contributed by atoms with Crippen molar-refractivity contribution >= 4 is 17.4 Å². The number of Topliss-reactive ketones (excluding diaryl/α,β-unsaturated/α-hetero) is 1. The molecule has 1 saturated heterocycles. The molecule has 0 spiro atoms. The minimum atomic E-state index is -0.719. The average molecular weight is 504 g/mol. The van der Waals surface area contributed by atoms with E-state index in [1.165, 1.54) is 7.11 Å². The predicted molar refractivity (Wildman–Crippen MR) is 140 cm³/mol. The molecule has 3 aromatic rings. The summed E-state index contributed by atoms with van der Waals surface area (Å²) >= 11 is 0. The van der Waals surface area contributed by atoms with Gasteiger partial charge in [-0.1, -0.05) is 44.0 Å². The number of carbonyl (C=O) groups is 2. The molecule has 1 amide bonds. The van der Waals surface area contributed by atoms with Gasteiger partial charge in [0.2, 0.25) is 0 Å². The van der Waals surface area contributed by atoms with Crippen LogP contribution in [0.2, 0.25) is 0 Å². The van der Waals surface area contributed by atoms with E-state index >= 15 is 0 Å². The summed E-state index contributed by atoms with van der Waals surface area (Å²) in [5.74, 6) is -0.281. The molecule has 0 radical (unpaired) electrons. The van der Waals surface area contributed by atoms with Crippen LogP contribution in [0, 0.1) is 0 Å². The zero-order valence-corrected chi connectivity index (χ0v) is 21.3. The minimum absolute atomic E-state index is 0.0671. The second kappa shape index (κ2) is 12.3. The number of rotatable bonds is 12. The number of ether oxygens (including phenoxy) is 2. The number of nitrogens with zero attached hydrogens (tertiary/aromatic N) is 3. The summed E-state index contributed by atoms with van der Waals surface area (Å²) in [6.45, 7) is 3.77. The van der Waals surface area contributed by atoms with Crippen LogP contribution < -0.4 is 9.47 Å². The Labute approximate surface area is 217 Å². The van der Waals surface area contributed by atoms with Crippen molar-refractivity contribution in [2.24, 2.45) is 0 Å². The Kier molecular flexibility index (Phi) is 8.61. The number of imidazole rings is 1. The summed E-state index contributed by atoms with van der Waals surface area (Å²) in [6, 6.07) is 13.5. The molecule has 0 aliphatic carbocycles. The number of aryl methyl sites for hydroxylation is 1. The average Bonchev–Trinajstić information content (AvgIpc) is 3.53. The van der Waals surface area contributed by atoms with E-state index in [-0.39, 0.29) is 11.3 Å². The summed E-state index contributed by atoms with van der Waals surface area (Å²) in [5.41, 5.74) is 1.21. The van der Waals surface area contributed by atoms with E-state index in [4.69, 9.17) is 9.47 Å². The molecule has 1 aliphatic heterocycles. The van der Waals surface area contributed by atoms with Crippen LogP contribution in [-0.4, -0.2) is 51.5 Å². The van der Waals surface area contributed by atoms with Gasteiger partial charge in [0, 0.05) is 31.0 Å². The lowest BCUT2D eigenvalue weighted by Crippen LogP contribution is -2.31. The highest BCUT2D eigenvalue weighted by molar-refractivity contribution is 6.46. The fraction of sp³-hybridized carbons (Fsp3) is 0.345. The van der Waals surface area contributed by atoms with Crippen molar-refractivity contribution in [3.8, 4) is 11.5 Å². The van der Waals surface area contributed by atoms with Crippen molar-refractivity contribution in [2.75, 3.05) is 20.3 Å². The van der Waals surface area contributed by atoms with Gasteiger partial charge < -0.3 is 24.0 Å². The topological polar surface area (TPSA) is 93.9 Å². The Morgan fingerprint density at radius 3 is 2.54 bits per heavy atom. The highest BCUT2D eigenvalue weighted by Gasteiger charge is 2.45. The molecular weight excluding hydrogens is 470 g/mol. The van der Waals surface area contributed by atoms with Crippen LogP contribution in [0.5, 0.6) is 11.5 Å². The molecule has 0 saturated carbocycles. The van der Waals surface area contributed by atoms with Gasteiger partial charge in [-0.05, 0) is 42.7 Å². The van der Waals surface area contributed by atoms with Crippen molar-refractivity contribution < 1.29 is 24.2 Å². The Balaban J connectivity index is 1.66. The molecule has 194 valence electrons. The number of aliphatic hydroxyl groups is 1. The molecule has 2 aromatic carbocycles. The van der Waals surface area contributed by atoms with Crippen molar-refractivity contribution in [1.82, 2.24) is 14.5 Å². The molecule has 0 bridgehead atoms. The fourth-order valence-corrected chi connectivity index (χ4v) is 4.51. The number of unbranched alkanes of at least 4 members (excludes halogenated alkanes) is 2. The van der Waals surface area contributed by atoms with Crippen LogP contribution in [0.25, 0.3) is 5.76 Å². The number of ketones is 1. The number of hydrogen-bond acceptors (Lipinski definition) is 6. The van der Waals surface area contributed by atoms with Gasteiger partial charge in [0.05, 0.1) is 31.7 Å². The number of hydrogen-bond donors (Lipinski definition) is 1. The summed E-state index contributed by atoms with van der Waals surface area (Å²) in [5, 5.41) is 11.3. The third kappa shape index (κ3) is 6.02. The molecule has 1 aliphatic rings. The molecule has 8 heteroatoms. The molecular formula is C29H33N3O5. The Hall–Kier alpha value is -4.07. The fourth-order valence-electron chi connectivity index (χ4n) is 4.51. The first-order chi connectivity index (χ1) is 18.0. The number of aromatic nitrogens is 2. The Morgan fingerprint density at radius 1 is 1.03 bits per heavy atom. The molecule has 1 unspecified atom stereocenters. The largest absolute Gasteiger partial charge is 0.507 e. The zero-order chi connectivity index (χ0) is 26.2. The van der Waals surface area contributed by atoms with Gasteiger partial charge in [-0.2, -0.15) is 0 Å². The third-order valence-corrected chi connectivity index (χ3v) is 6.47. The van der Waals surface area contributed by atoms with Crippen molar-refractivity contribution in [3.05, 3.63) is 84.0 Å². The summed E-state index contributed by atoms with van der Waals surface area (Å²) in [4.78, 5) is 32.0. The van der Waals surface area contributed by atoms with E-state index in [9.17, 15) is 14.7 Å². The quantitative estimate of drug-likeness (QED) is 0.162. The molecule has 1 N–H and O–H groups in total. The summed E-state index contributed by atoms with van der Waals surface area (Å²) < 4.78 is 13.0. The van der Waals surface area contributed by atoms with Gasteiger partial charge in [0.1, 0.15) is 17.3 Å². The van der Waals surface area contributed by atoms with Gasteiger partial charge in [0.25, 0.3) is 11.7 Å². The van der Waals surface area contributed by atoms with Crippen molar-refractivity contribution in [3.63, 3.8) is 0 Å². The van der Waals surface area contributed by atoms with E-state index in [1.807, 2.05) is 35.0 Å². The molecule has 37 heavy (non-hydrogen) atoms. The molecule has 1 aromatic heterocycles. The molecule has 1 atom stereocenters. The Bertz CT molecular complexity index is 1230. The first-order valence-corrected chi connectivity index (χ1v) is 12.6. The second-order valence-corrected chi connectivity index (χ2v) is 9.00. The predicted octanol–water partition coefficient (Wildman–Crippen LogP) is 4.97. The highest BCUT2D eigenvalue weighted by Crippen LogP contribution is 2.40. The minimum Gasteiger partial charge on any atom is -0.507 e. The second-order valence-electron chi connectivity index (χ2n) is 9.00. The number of benzene rings is 2. The van der Waals surface area contributed by atoms with Crippen LogP contribution in [0.3, 0.4) is 0 Å². The van der Waals surface area contributed by atoms with E-state index in [0.717, 1.165) is 30.6 Å². The van der Waals surface area contributed by atoms with Crippen molar-refractivity contribution in [1.29, 1.82) is 0 Å². The molecule has 1 fully saturated rings. The zero-order valence-electron chi connectivity index (χ0n) is 21.3. The van der Waals surface area contributed by atoms with Crippen LogP contribution in [0.4, 0.5) is 0 Å². The van der Waals surface area contributed by atoms with E-state index in [1.54, 1.807) is 41.7 Å². The first kappa shape index (κ1) is 26.0. The summed E-state index contributed by atoms with van der Waals surface area (Å²) in [6.07, 6.45) is 9.10. The number of likely N-dealkylation sites (tertiary alicyclic amines) is 1. The number of methoxy groups -OCH3 is 1. The number of aliphatic hydroxyl groups excluding tert-OH is 1. The first-order valence-electron chi connectivity index (χ1n) is 12.6. The maximum atomic E-state index is 13.3. The lowest BCUT2D eigenvalue weighted by Gasteiger charge is -2.25. The Morgan fingerprint density at radius 2 is 1.84 bits per heavy atom. The lowest BCUT2D eigenvalue weighted by atomic mass is 9.95. The SMILES string of the molecule is CCCCCOc1ccc(C2C(=C(O)c3cccc(OC)c3)C(=O)C(=O)N2CCCn2ccnc2)cc1. The summed E-state index contributed by atoms with van der Waals surface area (Å²) in [7, 11) is 1.53. The smallest absolute Gasteiger partial charge is 0.295 e. The third-order valence-electron chi connectivity index (χ3n) is 6.47. The maximum absolute atomic E-state index is 13.3. The highest BCUT2D eigenvalue weighted by atomic mass is 16.5. The van der Waals surface area contributed by atoms with E-state index < -0.39 is 17.7 Å². The lowest BCUT2D eigenvalue weighted by molar-refractivity contribution is -0.139. The van der Waals surface area contributed by atoms with E-state index in [2.05, 4.69) is 11.9 Å². The van der Waals surface area contributed by atoms with Gasteiger partial charge >= 0.3 is 0 Å². The molecule has 8 nitrogen and oxygen atoms in total. The van der Waals surface area contributed by atoms with E-state index in [0.29, 0.717) is 37.4 Å². The van der Waals surface area contributed by atoms with Gasteiger partial charge in [-0.15, -0.1) is 0 Å². The monoisotopic (exact) mass is 503 g/mol. The van der Waals surface area contributed by atoms with Gasteiger partial charge in [-0.25, -0.2) is 4.98 Å². The van der Waals surface area contributed by atoms with Crippen LogP contribution in [0.15, 0.2) is 72.8 Å². The number of amides is 1. The number of carbonyl (C=O) groups excluding carboxylic acids is 2. The van der Waals surface area contributed by atoms with Gasteiger partial charge in [-0.3, -0.25) is 9.59 Å². The normalized spacial score (nSPS) is 16.8. The van der Waals surface area contributed by atoms with Crippen LogP contribution >= 0.6 is 0 Å². The molecule has 4 rings (SSSR count). The standard InChI is InChI=1S/C29H33N3O5/c1-3-4-5-18-37-23-12-10-21(11-13-23)26-25(27(33)22-8-6-9-24(19-22)36-2)28(34)29(35)32(26)16-7-15-31-17-14-30-20-31/h6,8-14,17,19-20,26,33H,3-5,7,15-16,18H2,1-2H3. The van der Waals surface area contributed by atoms with Crippen molar-refractivity contribution in [2.45, 2.75) is 45.2 Å².